The van der Waals surface area contributed by atoms with E-state index in [2.05, 4.69) is 23.3 Å². The Morgan fingerprint density at radius 1 is 1.05 bits per heavy atom. The van der Waals surface area contributed by atoms with Crippen LogP contribution in [0.4, 0.5) is 0 Å². The number of aromatic nitrogens is 1. The van der Waals surface area contributed by atoms with Gasteiger partial charge in [0.05, 0.1) is 5.57 Å². The van der Waals surface area contributed by atoms with Crippen LogP contribution in [0.15, 0.2) is 67.4 Å². The molecule has 0 radical (unpaired) electrons. The van der Waals surface area contributed by atoms with Crippen molar-refractivity contribution in [3.05, 3.63) is 78.5 Å². The van der Waals surface area contributed by atoms with Gasteiger partial charge in [0.25, 0.3) is 0 Å². The lowest BCUT2D eigenvalue weighted by Gasteiger charge is -2.05. The van der Waals surface area contributed by atoms with Gasteiger partial charge in [-0.05, 0) is 11.6 Å². The van der Waals surface area contributed by atoms with E-state index >= 15 is 0 Å². The van der Waals surface area contributed by atoms with E-state index in [0.717, 1.165) is 10.9 Å². The molecule has 1 heterocycles. The average Bonchev–Trinajstić information content (AvgIpc) is 2.86. The van der Waals surface area contributed by atoms with Crippen molar-refractivity contribution in [1.29, 1.82) is 0 Å². The molecule has 0 saturated carbocycles. The second kappa shape index (κ2) is 5.29. The van der Waals surface area contributed by atoms with Gasteiger partial charge in [-0.2, -0.15) is 0 Å². The Kier molecular flexibility index (Phi) is 3.32. The van der Waals surface area contributed by atoms with Crippen molar-refractivity contribution in [3.63, 3.8) is 0 Å². The van der Waals surface area contributed by atoms with Crippen LogP contribution in [0.2, 0.25) is 0 Å². The van der Waals surface area contributed by atoms with Crippen molar-refractivity contribution < 1.29 is 9.90 Å². The molecule has 3 aromatic rings. The van der Waals surface area contributed by atoms with Crippen LogP contribution in [-0.4, -0.2) is 15.6 Å². The highest BCUT2D eigenvalue weighted by Gasteiger charge is 2.15. The van der Waals surface area contributed by atoms with Crippen LogP contribution >= 0.6 is 0 Å². The number of carboxylic acid groups (broad SMARTS) is 1. The minimum atomic E-state index is -0.988. The standard InChI is InChI=1S/C18H15NO2/c1-13(18(20)21)16-12-19(11-14-7-3-2-4-8-14)17-10-6-5-9-15(16)17/h2-10,12H,1,11H2,(H,20,21). The largest absolute Gasteiger partial charge is 0.478 e. The number of carbonyl (C=O) groups is 1. The van der Waals surface area contributed by atoms with E-state index in [1.807, 2.05) is 48.7 Å². The Balaban J connectivity index is 2.11. The first-order valence-electron chi connectivity index (χ1n) is 6.71. The van der Waals surface area contributed by atoms with Gasteiger partial charge >= 0.3 is 5.97 Å². The summed E-state index contributed by atoms with van der Waals surface area (Å²) in [5.41, 5.74) is 2.98. The lowest BCUT2D eigenvalue weighted by molar-refractivity contribution is -0.130. The normalized spacial score (nSPS) is 10.7. The summed E-state index contributed by atoms with van der Waals surface area (Å²) in [7, 11) is 0. The summed E-state index contributed by atoms with van der Waals surface area (Å²) in [4.78, 5) is 11.2. The molecule has 3 rings (SSSR count). The highest BCUT2D eigenvalue weighted by atomic mass is 16.4. The van der Waals surface area contributed by atoms with Gasteiger partial charge < -0.3 is 9.67 Å². The molecule has 1 N–H and O–H groups in total. The number of fused-ring (bicyclic) bond motifs is 1. The number of rotatable bonds is 4. The van der Waals surface area contributed by atoms with E-state index in [-0.39, 0.29) is 5.57 Å². The number of carboxylic acids is 1. The number of benzene rings is 2. The van der Waals surface area contributed by atoms with Crippen LogP contribution < -0.4 is 0 Å². The van der Waals surface area contributed by atoms with Crippen LogP contribution in [0.5, 0.6) is 0 Å². The Hall–Kier alpha value is -2.81. The topological polar surface area (TPSA) is 42.2 Å². The van der Waals surface area contributed by atoms with Crippen LogP contribution in [0.25, 0.3) is 16.5 Å². The molecular formula is C18H15NO2. The minimum absolute atomic E-state index is 0.123. The van der Waals surface area contributed by atoms with Gasteiger partial charge in [0.2, 0.25) is 0 Å². The molecule has 0 bridgehead atoms. The Labute approximate surface area is 122 Å². The first kappa shape index (κ1) is 13.2. The Morgan fingerprint density at radius 3 is 2.43 bits per heavy atom. The molecule has 21 heavy (non-hydrogen) atoms. The van der Waals surface area contributed by atoms with E-state index in [9.17, 15) is 9.90 Å². The molecule has 0 spiro atoms. The quantitative estimate of drug-likeness (QED) is 0.737. The molecule has 0 aliphatic heterocycles. The SMILES string of the molecule is C=C(C(=O)O)c1cn(Cc2ccccc2)c2ccccc12. The predicted octanol–water partition coefficient (Wildman–Crippen LogP) is 3.79. The van der Waals surface area contributed by atoms with Gasteiger partial charge in [-0.3, -0.25) is 0 Å². The summed E-state index contributed by atoms with van der Waals surface area (Å²) >= 11 is 0. The van der Waals surface area contributed by atoms with Gasteiger partial charge in [0, 0.05) is 29.2 Å². The van der Waals surface area contributed by atoms with Gasteiger partial charge in [-0.1, -0.05) is 55.1 Å². The van der Waals surface area contributed by atoms with Gasteiger partial charge in [-0.25, -0.2) is 4.79 Å². The molecule has 1 aromatic heterocycles. The summed E-state index contributed by atoms with van der Waals surface area (Å²) in [6.45, 7) is 4.38. The van der Waals surface area contributed by atoms with Gasteiger partial charge in [-0.15, -0.1) is 0 Å². The smallest absolute Gasteiger partial charge is 0.335 e. The highest BCUT2D eigenvalue weighted by Crippen LogP contribution is 2.27. The first-order valence-corrected chi connectivity index (χ1v) is 6.71. The molecule has 0 saturated heterocycles. The summed E-state index contributed by atoms with van der Waals surface area (Å²) in [5, 5.41) is 10.1. The van der Waals surface area contributed by atoms with Crippen molar-refractivity contribution in [2.75, 3.05) is 0 Å². The monoisotopic (exact) mass is 277 g/mol. The third-order valence-corrected chi connectivity index (χ3v) is 3.57. The maximum absolute atomic E-state index is 11.2. The fourth-order valence-electron chi connectivity index (χ4n) is 2.51. The molecule has 3 heteroatoms. The molecule has 2 aromatic carbocycles. The van der Waals surface area contributed by atoms with Crippen molar-refractivity contribution >= 4 is 22.4 Å². The molecule has 104 valence electrons. The molecule has 0 aliphatic rings. The number of para-hydroxylation sites is 1. The zero-order valence-corrected chi connectivity index (χ0v) is 11.5. The number of nitrogens with zero attached hydrogens (tertiary/aromatic N) is 1. The van der Waals surface area contributed by atoms with Gasteiger partial charge in [0.15, 0.2) is 0 Å². The van der Waals surface area contributed by atoms with E-state index in [1.54, 1.807) is 0 Å². The van der Waals surface area contributed by atoms with E-state index in [4.69, 9.17) is 0 Å². The molecule has 0 unspecified atom stereocenters. The number of hydrogen-bond donors (Lipinski definition) is 1. The lowest BCUT2D eigenvalue weighted by atomic mass is 10.1. The summed E-state index contributed by atoms with van der Waals surface area (Å²) < 4.78 is 2.06. The van der Waals surface area contributed by atoms with Crippen LogP contribution in [0.1, 0.15) is 11.1 Å². The van der Waals surface area contributed by atoms with Gasteiger partial charge in [0.1, 0.15) is 0 Å². The molecule has 3 nitrogen and oxygen atoms in total. The fraction of sp³-hybridized carbons (Fsp3) is 0.0556. The molecule has 0 fully saturated rings. The van der Waals surface area contributed by atoms with E-state index in [1.165, 1.54) is 5.56 Å². The number of hydrogen-bond acceptors (Lipinski definition) is 1. The van der Waals surface area contributed by atoms with Crippen LogP contribution in [0.3, 0.4) is 0 Å². The summed E-state index contributed by atoms with van der Waals surface area (Å²) in [6.07, 6.45) is 1.87. The van der Waals surface area contributed by atoms with Crippen molar-refractivity contribution in [3.8, 4) is 0 Å². The second-order valence-corrected chi connectivity index (χ2v) is 4.96. The number of aliphatic carboxylic acids is 1. The first-order chi connectivity index (χ1) is 10.2. The Morgan fingerprint density at radius 2 is 1.71 bits per heavy atom. The third kappa shape index (κ3) is 2.46. The average molecular weight is 277 g/mol. The molecule has 0 aliphatic carbocycles. The van der Waals surface area contributed by atoms with Crippen molar-refractivity contribution in [2.45, 2.75) is 6.54 Å². The minimum Gasteiger partial charge on any atom is -0.478 e. The summed E-state index contributed by atoms with van der Waals surface area (Å²) in [6, 6.07) is 17.9. The Bertz CT molecular complexity index is 816. The second-order valence-electron chi connectivity index (χ2n) is 4.96. The summed E-state index contributed by atoms with van der Waals surface area (Å²) in [5.74, 6) is -0.988. The van der Waals surface area contributed by atoms with E-state index < -0.39 is 5.97 Å². The van der Waals surface area contributed by atoms with Crippen LogP contribution in [0, 0.1) is 0 Å². The molecule has 0 amide bonds. The zero-order valence-electron chi connectivity index (χ0n) is 11.5. The zero-order chi connectivity index (χ0) is 14.8. The maximum Gasteiger partial charge on any atom is 0.335 e. The highest BCUT2D eigenvalue weighted by molar-refractivity contribution is 6.18. The maximum atomic E-state index is 11.2. The lowest BCUT2D eigenvalue weighted by Crippen LogP contribution is -1.99. The predicted molar refractivity (Wildman–Crippen MR) is 84.2 cm³/mol. The van der Waals surface area contributed by atoms with Crippen molar-refractivity contribution in [1.82, 2.24) is 4.57 Å². The molecular weight excluding hydrogens is 262 g/mol. The third-order valence-electron chi connectivity index (χ3n) is 3.57. The van der Waals surface area contributed by atoms with E-state index in [0.29, 0.717) is 12.1 Å². The fourth-order valence-corrected chi connectivity index (χ4v) is 2.51. The van der Waals surface area contributed by atoms with Crippen molar-refractivity contribution in [2.24, 2.45) is 0 Å². The molecule has 0 atom stereocenters. The van der Waals surface area contributed by atoms with Crippen LogP contribution in [-0.2, 0) is 11.3 Å².